The second-order valence-corrected chi connectivity index (χ2v) is 7.42. The van der Waals surface area contributed by atoms with Gasteiger partial charge in [0.15, 0.2) is 6.61 Å². The third-order valence-corrected chi connectivity index (χ3v) is 5.03. The fourth-order valence-corrected chi connectivity index (χ4v) is 3.23. The number of benzene rings is 2. The van der Waals surface area contributed by atoms with Gasteiger partial charge < -0.3 is 9.26 Å². The number of halogens is 1. The Hall–Kier alpha value is -3.55. The molecule has 10 heteroatoms. The zero-order chi connectivity index (χ0) is 20.9. The fraction of sp³-hybridized carbons (Fsp3) is 0.105. The lowest BCUT2D eigenvalue weighted by Gasteiger charge is -2.06. The number of esters is 1. The minimum absolute atomic E-state index is 0.0239. The predicted molar refractivity (Wildman–Crippen MR) is 99.3 cm³/mol. The van der Waals surface area contributed by atoms with Gasteiger partial charge in [0.25, 0.3) is 5.89 Å². The smallest absolute Gasteiger partial charge is 0.338 e. The molecule has 148 valence electrons. The summed E-state index contributed by atoms with van der Waals surface area (Å²) in [4.78, 5) is 16.2. The SMILES string of the molecule is C#CCNS(=O)(=O)c1cccc(C(=O)OCc2noc(-c3ccc(F)cc3)n2)c1. The van der Waals surface area contributed by atoms with Crippen LogP contribution in [0.1, 0.15) is 16.2 Å². The van der Waals surface area contributed by atoms with Crippen molar-refractivity contribution >= 4 is 16.0 Å². The van der Waals surface area contributed by atoms with Crippen molar-refractivity contribution < 1.29 is 26.9 Å². The molecule has 8 nitrogen and oxygen atoms in total. The van der Waals surface area contributed by atoms with E-state index < -0.39 is 21.8 Å². The van der Waals surface area contributed by atoms with Crippen LogP contribution in [0.3, 0.4) is 0 Å². The molecule has 0 radical (unpaired) electrons. The van der Waals surface area contributed by atoms with Crippen molar-refractivity contribution in [2.75, 3.05) is 6.54 Å². The predicted octanol–water partition coefficient (Wildman–Crippen LogP) is 2.14. The molecule has 0 atom stereocenters. The highest BCUT2D eigenvalue weighted by Gasteiger charge is 2.17. The Bertz CT molecular complexity index is 1170. The average molecular weight is 415 g/mol. The maximum absolute atomic E-state index is 13.0. The quantitative estimate of drug-likeness (QED) is 0.465. The molecule has 3 aromatic rings. The average Bonchev–Trinajstić information content (AvgIpc) is 3.20. The molecular formula is C19H14FN3O5S. The van der Waals surface area contributed by atoms with Crippen LogP contribution in [0.25, 0.3) is 11.5 Å². The molecule has 0 aliphatic carbocycles. The van der Waals surface area contributed by atoms with Gasteiger partial charge in [-0.1, -0.05) is 17.1 Å². The summed E-state index contributed by atoms with van der Waals surface area (Å²) < 4.78 is 49.5. The van der Waals surface area contributed by atoms with E-state index in [1.54, 1.807) is 0 Å². The van der Waals surface area contributed by atoms with E-state index in [9.17, 15) is 17.6 Å². The van der Waals surface area contributed by atoms with Gasteiger partial charge >= 0.3 is 5.97 Å². The first-order chi connectivity index (χ1) is 13.9. The highest BCUT2D eigenvalue weighted by Crippen LogP contribution is 2.18. The monoisotopic (exact) mass is 415 g/mol. The molecule has 0 saturated carbocycles. The molecule has 3 rings (SSSR count). The number of nitrogens with zero attached hydrogens (tertiary/aromatic N) is 2. The zero-order valence-electron chi connectivity index (χ0n) is 14.8. The van der Waals surface area contributed by atoms with E-state index in [-0.39, 0.29) is 35.3 Å². The van der Waals surface area contributed by atoms with Crippen molar-refractivity contribution in [3.8, 4) is 23.8 Å². The molecule has 0 bridgehead atoms. The lowest BCUT2D eigenvalue weighted by Crippen LogP contribution is -2.24. The van der Waals surface area contributed by atoms with Crippen LogP contribution >= 0.6 is 0 Å². The molecule has 1 aromatic heterocycles. The minimum Gasteiger partial charge on any atom is -0.454 e. The van der Waals surface area contributed by atoms with E-state index in [1.807, 2.05) is 0 Å². The van der Waals surface area contributed by atoms with E-state index >= 15 is 0 Å². The van der Waals surface area contributed by atoms with Crippen molar-refractivity contribution in [1.82, 2.24) is 14.9 Å². The van der Waals surface area contributed by atoms with Crippen molar-refractivity contribution in [3.05, 3.63) is 65.7 Å². The molecule has 0 aliphatic heterocycles. The van der Waals surface area contributed by atoms with Gasteiger partial charge in [-0.15, -0.1) is 6.42 Å². The first-order valence-corrected chi connectivity index (χ1v) is 9.66. The molecule has 0 fully saturated rings. The van der Waals surface area contributed by atoms with Crippen LogP contribution in [-0.2, 0) is 21.4 Å². The van der Waals surface area contributed by atoms with Crippen molar-refractivity contribution in [2.45, 2.75) is 11.5 Å². The minimum atomic E-state index is -3.84. The van der Waals surface area contributed by atoms with Crippen LogP contribution in [0.5, 0.6) is 0 Å². The van der Waals surface area contributed by atoms with Crippen molar-refractivity contribution in [1.29, 1.82) is 0 Å². The number of terminal acetylenes is 1. The molecule has 29 heavy (non-hydrogen) atoms. The van der Waals surface area contributed by atoms with E-state index in [4.69, 9.17) is 15.7 Å². The van der Waals surface area contributed by atoms with E-state index in [0.717, 1.165) is 0 Å². The van der Waals surface area contributed by atoms with E-state index in [1.165, 1.54) is 48.5 Å². The highest BCUT2D eigenvalue weighted by atomic mass is 32.2. The maximum atomic E-state index is 13.0. The molecule has 1 N–H and O–H groups in total. The van der Waals surface area contributed by atoms with Crippen LogP contribution < -0.4 is 4.72 Å². The van der Waals surface area contributed by atoms with Gasteiger partial charge in [-0.05, 0) is 42.5 Å². The number of nitrogens with one attached hydrogen (secondary N) is 1. The zero-order valence-corrected chi connectivity index (χ0v) is 15.6. The normalized spacial score (nSPS) is 11.0. The summed E-state index contributed by atoms with van der Waals surface area (Å²) in [6, 6.07) is 10.7. The number of hydrogen-bond acceptors (Lipinski definition) is 7. The topological polar surface area (TPSA) is 111 Å². The van der Waals surface area contributed by atoms with Gasteiger partial charge in [0.05, 0.1) is 17.0 Å². The van der Waals surface area contributed by atoms with Gasteiger partial charge in [-0.2, -0.15) is 9.71 Å². The van der Waals surface area contributed by atoms with Crippen molar-refractivity contribution in [3.63, 3.8) is 0 Å². The summed E-state index contributed by atoms with van der Waals surface area (Å²) >= 11 is 0. The highest BCUT2D eigenvalue weighted by molar-refractivity contribution is 7.89. The Morgan fingerprint density at radius 3 is 2.72 bits per heavy atom. The number of hydrogen-bond donors (Lipinski definition) is 1. The second-order valence-electron chi connectivity index (χ2n) is 5.66. The summed E-state index contributed by atoms with van der Waals surface area (Å²) in [6.45, 7) is -0.471. The number of aromatic nitrogens is 2. The Labute approximate surface area is 165 Å². The van der Waals surface area contributed by atoms with Gasteiger partial charge in [0.2, 0.25) is 15.8 Å². The molecule has 2 aromatic carbocycles. The molecule has 1 heterocycles. The first kappa shape index (κ1) is 20.2. The lowest BCUT2D eigenvalue weighted by atomic mass is 10.2. The Morgan fingerprint density at radius 1 is 1.24 bits per heavy atom. The summed E-state index contributed by atoms with van der Waals surface area (Å²) in [7, 11) is -3.84. The van der Waals surface area contributed by atoms with Crippen LogP contribution in [0.4, 0.5) is 4.39 Å². The maximum Gasteiger partial charge on any atom is 0.338 e. The van der Waals surface area contributed by atoms with Crippen LogP contribution in [0, 0.1) is 18.2 Å². The fourth-order valence-electron chi connectivity index (χ4n) is 2.25. The Kier molecular flexibility index (Phi) is 6.01. The van der Waals surface area contributed by atoms with Gasteiger partial charge in [-0.25, -0.2) is 17.6 Å². The third-order valence-electron chi connectivity index (χ3n) is 3.64. The second kappa shape index (κ2) is 8.64. The van der Waals surface area contributed by atoms with E-state index in [2.05, 4.69) is 20.8 Å². The Balaban J connectivity index is 1.66. The first-order valence-electron chi connectivity index (χ1n) is 8.18. The number of rotatable bonds is 7. The van der Waals surface area contributed by atoms with Gasteiger partial charge in [0, 0.05) is 5.56 Å². The van der Waals surface area contributed by atoms with Crippen LogP contribution in [-0.4, -0.2) is 31.1 Å². The molecule has 0 saturated heterocycles. The molecular weight excluding hydrogens is 401 g/mol. The molecule has 0 unspecified atom stereocenters. The molecule has 0 spiro atoms. The van der Waals surface area contributed by atoms with Crippen LogP contribution in [0.15, 0.2) is 57.9 Å². The molecule has 0 aliphatic rings. The molecule has 0 amide bonds. The summed E-state index contributed by atoms with van der Waals surface area (Å²) in [5, 5.41) is 3.69. The summed E-state index contributed by atoms with van der Waals surface area (Å²) in [5.74, 6) is 1.23. The van der Waals surface area contributed by atoms with Crippen molar-refractivity contribution in [2.24, 2.45) is 0 Å². The van der Waals surface area contributed by atoms with E-state index in [0.29, 0.717) is 5.56 Å². The number of carbonyl (C=O) groups excluding carboxylic acids is 1. The third kappa shape index (κ3) is 5.04. The largest absolute Gasteiger partial charge is 0.454 e. The number of ether oxygens (including phenoxy) is 1. The van der Waals surface area contributed by atoms with Gasteiger partial charge in [0.1, 0.15) is 5.82 Å². The number of carbonyl (C=O) groups is 1. The standard InChI is InChI=1S/C19H14FN3O5S/c1-2-10-21-29(25,26)16-5-3-4-14(11-16)19(24)27-12-17-22-18(28-23-17)13-6-8-15(20)9-7-13/h1,3-9,11,21H,10,12H2. The van der Waals surface area contributed by atoms with Crippen LogP contribution in [0.2, 0.25) is 0 Å². The lowest BCUT2D eigenvalue weighted by molar-refractivity contribution is 0.0459. The number of sulfonamides is 1. The summed E-state index contributed by atoms with van der Waals surface area (Å²) in [5.41, 5.74) is 0.532. The van der Waals surface area contributed by atoms with Gasteiger partial charge in [-0.3, -0.25) is 0 Å². The Morgan fingerprint density at radius 2 is 2.00 bits per heavy atom. The summed E-state index contributed by atoms with van der Waals surface area (Å²) in [6.07, 6.45) is 5.04.